The second-order valence-electron chi connectivity index (χ2n) is 4.46. The number of likely N-dealkylation sites (N-methyl/N-ethyl adjacent to an activating group) is 1. The summed E-state index contributed by atoms with van der Waals surface area (Å²) in [5.74, 6) is 0.356. The van der Waals surface area contributed by atoms with Gasteiger partial charge < -0.3 is 20.4 Å². The topological polar surface area (TPSA) is 55.7 Å². The molecule has 0 amide bonds. The van der Waals surface area contributed by atoms with E-state index in [1.54, 1.807) is 0 Å². The van der Waals surface area contributed by atoms with E-state index in [-0.39, 0.29) is 12.7 Å². The molecule has 0 aromatic rings. The molecule has 90 valence electrons. The van der Waals surface area contributed by atoms with Gasteiger partial charge in [-0.1, -0.05) is 6.92 Å². The van der Waals surface area contributed by atoms with Crippen LogP contribution in [-0.2, 0) is 0 Å². The molecular formula is C11H24N2O2. The molecule has 1 aliphatic heterocycles. The molecule has 3 unspecified atom stereocenters. The fourth-order valence-electron chi connectivity index (χ4n) is 2.26. The molecule has 3 atom stereocenters. The molecule has 1 saturated heterocycles. The summed E-state index contributed by atoms with van der Waals surface area (Å²) in [6.07, 6.45) is 0.770. The van der Waals surface area contributed by atoms with Crippen molar-refractivity contribution in [3.05, 3.63) is 0 Å². The molecule has 0 spiro atoms. The summed E-state index contributed by atoms with van der Waals surface area (Å²) in [4.78, 5) is 2.36. The van der Waals surface area contributed by atoms with Gasteiger partial charge in [-0.3, -0.25) is 0 Å². The predicted octanol–water partition coefficient (Wildman–Crippen LogP) is -0.340. The van der Waals surface area contributed by atoms with Crippen LogP contribution in [-0.4, -0.2) is 60.0 Å². The van der Waals surface area contributed by atoms with Gasteiger partial charge in [0.1, 0.15) is 0 Å². The van der Waals surface area contributed by atoms with Crippen molar-refractivity contribution in [1.29, 1.82) is 0 Å². The van der Waals surface area contributed by atoms with Gasteiger partial charge in [-0.15, -0.1) is 0 Å². The van der Waals surface area contributed by atoms with E-state index in [1.165, 1.54) is 0 Å². The number of likely N-dealkylation sites (tertiary alicyclic amines) is 1. The highest BCUT2D eigenvalue weighted by Gasteiger charge is 2.28. The van der Waals surface area contributed by atoms with E-state index in [9.17, 15) is 5.11 Å². The summed E-state index contributed by atoms with van der Waals surface area (Å²) in [5, 5.41) is 21.7. The Morgan fingerprint density at radius 3 is 2.73 bits per heavy atom. The number of piperidine rings is 1. The standard InChI is InChI=1S/C11H24N2O2/c1-3-13-7-10(9(2)15)6-11(8-13)12-4-5-14/h9-12,14-15H,3-8H2,1-2H3. The lowest BCUT2D eigenvalue weighted by molar-refractivity contribution is 0.0495. The van der Waals surface area contributed by atoms with Crippen molar-refractivity contribution in [2.75, 3.05) is 32.8 Å². The van der Waals surface area contributed by atoms with Crippen molar-refractivity contribution in [3.8, 4) is 0 Å². The van der Waals surface area contributed by atoms with Gasteiger partial charge in [-0.25, -0.2) is 0 Å². The van der Waals surface area contributed by atoms with Gasteiger partial charge in [0.05, 0.1) is 12.7 Å². The van der Waals surface area contributed by atoms with Crippen LogP contribution >= 0.6 is 0 Å². The molecule has 0 bridgehead atoms. The summed E-state index contributed by atoms with van der Waals surface area (Å²) >= 11 is 0. The first-order chi connectivity index (χ1) is 7.17. The van der Waals surface area contributed by atoms with E-state index in [1.807, 2.05) is 6.92 Å². The maximum atomic E-state index is 9.63. The molecule has 1 heterocycles. The molecule has 15 heavy (non-hydrogen) atoms. The first-order valence-corrected chi connectivity index (χ1v) is 5.92. The third kappa shape index (κ3) is 4.07. The van der Waals surface area contributed by atoms with E-state index in [2.05, 4.69) is 17.1 Å². The first kappa shape index (κ1) is 12.9. The van der Waals surface area contributed by atoms with Gasteiger partial charge in [0, 0.05) is 25.7 Å². The molecule has 3 N–H and O–H groups in total. The number of rotatable bonds is 5. The summed E-state index contributed by atoms with van der Waals surface area (Å²) in [6, 6.07) is 0.408. The number of hydrogen-bond donors (Lipinski definition) is 3. The van der Waals surface area contributed by atoms with Crippen LogP contribution < -0.4 is 5.32 Å². The number of nitrogens with one attached hydrogen (secondary N) is 1. The van der Waals surface area contributed by atoms with Gasteiger partial charge in [0.2, 0.25) is 0 Å². The van der Waals surface area contributed by atoms with Gasteiger partial charge >= 0.3 is 0 Å². The Morgan fingerprint density at radius 2 is 2.20 bits per heavy atom. The fraction of sp³-hybridized carbons (Fsp3) is 1.00. The highest BCUT2D eigenvalue weighted by molar-refractivity contribution is 4.85. The second kappa shape index (κ2) is 6.43. The molecule has 0 aromatic carbocycles. The van der Waals surface area contributed by atoms with Crippen molar-refractivity contribution in [3.63, 3.8) is 0 Å². The minimum absolute atomic E-state index is 0.183. The average Bonchev–Trinajstić information content (AvgIpc) is 2.25. The van der Waals surface area contributed by atoms with Crippen LogP contribution in [0.25, 0.3) is 0 Å². The second-order valence-corrected chi connectivity index (χ2v) is 4.46. The van der Waals surface area contributed by atoms with Crippen LogP contribution in [0.15, 0.2) is 0 Å². The largest absolute Gasteiger partial charge is 0.395 e. The van der Waals surface area contributed by atoms with Crippen molar-refractivity contribution >= 4 is 0 Å². The molecule has 1 fully saturated rings. The maximum Gasteiger partial charge on any atom is 0.0556 e. The average molecular weight is 216 g/mol. The third-order valence-corrected chi connectivity index (χ3v) is 3.23. The van der Waals surface area contributed by atoms with E-state index >= 15 is 0 Å². The zero-order chi connectivity index (χ0) is 11.3. The Morgan fingerprint density at radius 1 is 1.47 bits per heavy atom. The van der Waals surface area contributed by atoms with Gasteiger partial charge in [-0.05, 0) is 25.8 Å². The SMILES string of the molecule is CCN1CC(NCCO)CC(C(C)O)C1. The molecule has 0 aromatic heterocycles. The van der Waals surface area contributed by atoms with Gasteiger partial charge in [0.15, 0.2) is 0 Å². The lowest BCUT2D eigenvalue weighted by Crippen LogP contribution is -2.51. The van der Waals surface area contributed by atoms with E-state index < -0.39 is 0 Å². The molecule has 4 nitrogen and oxygen atoms in total. The van der Waals surface area contributed by atoms with E-state index in [4.69, 9.17) is 5.11 Å². The van der Waals surface area contributed by atoms with Crippen LogP contribution in [0, 0.1) is 5.92 Å². The molecule has 0 aliphatic carbocycles. The van der Waals surface area contributed by atoms with E-state index in [0.717, 1.165) is 26.1 Å². The quantitative estimate of drug-likeness (QED) is 0.588. The van der Waals surface area contributed by atoms with Crippen molar-refractivity contribution in [2.45, 2.75) is 32.4 Å². The minimum atomic E-state index is -0.238. The molecular weight excluding hydrogens is 192 g/mol. The molecule has 0 radical (unpaired) electrons. The smallest absolute Gasteiger partial charge is 0.0556 e. The Labute approximate surface area is 92.3 Å². The number of aliphatic hydroxyl groups excluding tert-OH is 2. The Hall–Kier alpha value is -0.160. The summed E-state index contributed by atoms with van der Waals surface area (Å²) in [5.41, 5.74) is 0. The summed E-state index contributed by atoms with van der Waals surface area (Å²) in [7, 11) is 0. The number of hydrogen-bond acceptors (Lipinski definition) is 4. The maximum absolute atomic E-state index is 9.63. The Kier molecular flexibility index (Phi) is 5.53. The lowest BCUT2D eigenvalue weighted by atomic mass is 9.90. The summed E-state index contributed by atoms with van der Waals surface area (Å²) in [6.45, 7) is 7.89. The number of nitrogens with zero attached hydrogens (tertiary/aromatic N) is 1. The minimum Gasteiger partial charge on any atom is -0.395 e. The normalized spacial score (nSPS) is 30.4. The fourth-order valence-corrected chi connectivity index (χ4v) is 2.26. The van der Waals surface area contributed by atoms with Crippen LogP contribution in [0.3, 0.4) is 0 Å². The molecule has 1 aliphatic rings. The Bertz CT molecular complexity index is 176. The molecule has 0 saturated carbocycles. The van der Waals surface area contributed by atoms with Crippen LogP contribution in [0.4, 0.5) is 0 Å². The van der Waals surface area contributed by atoms with Gasteiger partial charge in [-0.2, -0.15) is 0 Å². The van der Waals surface area contributed by atoms with E-state index in [0.29, 0.717) is 18.5 Å². The highest BCUT2D eigenvalue weighted by atomic mass is 16.3. The van der Waals surface area contributed by atoms with Crippen LogP contribution in [0.1, 0.15) is 20.3 Å². The highest BCUT2D eigenvalue weighted by Crippen LogP contribution is 2.19. The first-order valence-electron chi connectivity index (χ1n) is 5.92. The Balaban J connectivity index is 2.43. The van der Waals surface area contributed by atoms with Crippen molar-refractivity contribution < 1.29 is 10.2 Å². The predicted molar refractivity (Wildman–Crippen MR) is 60.8 cm³/mol. The summed E-state index contributed by atoms with van der Waals surface area (Å²) < 4.78 is 0. The third-order valence-electron chi connectivity index (χ3n) is 3.23. The van der Waals surface area contributed by atoms with Crippen LogP contribution in [0.2, 0.25) is 0 Å². The monoisotopic (exact) mass is 216 g/mol. The molecule has 4 heteroatoms. The molecule has 1 rings (SSSR count). The zero-order valence-corrected chi connectivity index (χ0v) is 9.82. The van der Waals surface area contributed by atoms with Gasteiger partial charge in [0.25, 0.3) is 0 Å². The lowest BCUT2D eigenvalue weighted by Gasteiger charge is -2.38. The zero-order valence-electron chi connectivity index (χ0n) is 9.82. The van der Waals surface area contributed by atoms with Crippen molar-refractivity contribution in [2.24, 2.45) is 5.92 Å². The number of aliphatic hydroxyl groups is 2. The van der Waals surface area contributed by atoms with Crippen LogP contribution in [0.5, 0.6) is 0 Å². The van der Waals surface area contributed by atoms with Crippen molar-refractivity contribution in [1.82, 2.24) is 10.2 Å².